The van der Waals surface area contributed by atoms with Gasteiger partial charge in [0.25, 0.3) is 0 Å². The fraction of sp³-hybridized carbons (Fsp3) is 0.545. The van der Waals surface area contributed by atoms with Crippen molar-refractivity contribution >= 4 is 11.9 Å². The number of rotatable bonds is 6. The lowest BCUT2D eigenvalue weighted by Gasteiger charge is -2.11. The standard InChI is InChI=1S/C11H15NO4/c1-3-15-10(13)9(7-5-6-8-12)11(14)16-4-2/h5-6,9H,3-4,7H2,1-2H3/b6-5+. The molecule has 0 aromatic heterocycles. The van der Waals surface area contributed by atoms with E-state index < -0.39 is 17.9 Å². The zero-order valence-corrected chi connectivity index (χ0v) is 9.43. The molecule has 0 fully saturated rings. The monoisotopic (exact) mass is 225 g/mol. The van der Waals surface area contributed by atoms with Crippen molar-refractivity contribution in [3.8, 4) is 6.07 Å². The maximum atomic E-state index is 11.4. The molecule has 0 N–H and O–H groups in total. The smallest absolute Gasteiger partial charge is 0.320 e. The normalized spacial score (nSPS) is 10.1. The van der Waals surface area contributed by atoms with Crippen molar-refractivity contribution in [2.24, 2.45) is 5.92 Å². The molecule has 0 saturated carbocycles. The number of nitriles is 1. The predicted octanol–water partition coefficient (Wildman–Crippen LogP) is 1.20. The number of nitrogens with zero attached hydrogens (tertiary/aromatic N) is 1. The molecule has 88 valence electrons. The Hall–Kier alpha value is -1.83. The zero-order valence-electron chi connectivity index (χ0n) is 9.43. The molecule has 5 nitrogen and oxygen atoms in total. The number of hydrogen-bond donors (Lipinski definition) is 0. The highest BCUT2D eigenvalue weighted by molar-refractivity contribution is 5.95. The van der Waals surface area contributed by atoms with E-state index in [1.807, 2.05) is 0 Å². The van der Waals surface area contributed by atoms with Crippen molar-refractivity contribution in [1.29, 1.82) is 5.26 Å². The molecule has 16 heavy (non-hydrogen) atoms. The van der Waals surface area contributed by atoms with Gasteiger partial charge < -0.3 is 9.47 Å². The Morgan fingerprint density at radius 2 is 1.75 bits per heavy atom. The van der Waals surface area contributed by atoms with E-state index in [-0.39, 0.29) is 19.6 Å². The van der Waals surface area contributed by atoms with Gasteiger partial charge in [-0.05, 0) is 20.3 Å². The zero-order chi connectivity index (χ0) is 12.4. The highest BCUT2D eigenvalue weighted by atomic mass is 16.6. The summed E-state index contributed by atoms with van der Waals surface area (Å²) in [7, 11) is 0. The van der Waals surface area contributed by atoms with E-state index in [1.165, 1.54) is 12.2 Å². The largest absolute Gasteiger partial charge is 0.465 e. The fourth-order valence-corrected chi connectivity index (χ4v) is 1.03. The minimum Gasteiger partial charge on any atom is -0.465 e. The first-order valence-corrected chi connectivity index (χ1v) is 5.05. The van der Waals surface area contributed by atoms with Gasteiger partial charge in [0.2, 0.25) is 0 Å². The summed E-state index contributed by atoms with van der Waals surface area (Å²) in [5.41, 5.74) is 0. The summed E-state index contributed by atoms with van der Waals surface area (Å²) in [5.74, 6) is -2.23. The van der Waals surface area contributed by atoms with Crippen molar-refractivity contribution in [1.82, 2.24) is 0 Å². The third-order valence-corrected chi connectivity index (χ3v) is 1.71. The van der Waals surface area contributed by atoms with Crippen LogP contribution in [0.4, 0.5) is 0 Å². The molecule has 0 rings (SSSR count). The first-order chi connectivity index (χ1) is 7.67. The quantitative estimate of drug-likeness (QED) is 0.385. The van der Waals surface area contributed by atoms with Crippen LogP contribution in [0.15, 0.2) is 12.2 Å². The van der Waals surface area contributed by atoms with Crippen LogP contribution < -0.4 is 0 Å². The highest BCUT2D eigenvalue weighted by Crippen LogP contribution is 2.09. The van der Waals surface area contributed by atoms with E-state index in [4.69, 9.17) is 14.7 Å². The number of carbonyl (C=O) groups is 2. The molecule has 0 aliphatic heterocycles. The molecule has 0 aliphatic carbocycles. The minimum absolute atomic E-state index is 0.116. The van der Waals surface area contributed by atoms with Crippen LogP contribution in [0.25, 0.3) is 0 Å². The highest BCUT2D eigenvalue weighted by Gasteiger charge is 2.27. The third kappa shape index (κ3) is 5.15. The fourth-order valence-electron chi connectivity index (χ4n) is 1.03. The van der Waals surface area contributed by atoms with Crippen LogP contribution in [0.3, 0.4) is 0 Å². The van der Waals surface area contributed by atoms with E-state index in [9.17, 15) is 9.59 Å². The van der Waals surface area contributed by atoms with Crippen LogP contribution >= 0.6 is 0 Å². The summed E-state index contributed by atoms with van der Waals surface area (Å²) < 4.78 is 9.49. The summed E-state index contributed by atoms with van der Waals surface area (Å²) in [6, 6.07) is 1.78. The molecular weight excluding hydrogens is 210 g/mol. The van der Waals surface area contributed by atoms with Gasteiger partial charge >= 0.3 is 11.9 Å². The second kappa shape index (κ2) is 8.48. The summed E-state index contributed by atoms with van der Waals surface area (Å²) in [6.07, 6.45) is 2.77. The van der Waals surface area contributed by atoms with Crippen LogP contribution in [-0.4, -0.2) is 25.2 Å². The summed E-state index contributed by atoms with van der Waals surface area (Å²) >= 11 is 0. The molecule has 0 aromatic rings. The van der Waals surface area contributed by atoms with Gasteiger partial charge in [0, 0.05) is 6.08 Å². The van der Waals surface area contributed by atoms with Crippen LogP contribution in [0.1, 0.15) is 20.3 Å². The Labute approximate surface area is 94.6 Å². The van der Waals surface area contributed by atoms with Gasteiger partial charge in [0.05, 0.1) is 19.3 Å². The molecule has 0 unspecified atom stereocenters. The second-order valence-electron chi connectivity index (χ2n) is 2.82. The Kier molecular flexibility index (Phi) is 7.51. The Bertz CT molecular complexity index is 286. The van der Waals surface area contributed by atoms with Gasteiger partial charge in [0.15, 0.2) is 5.92 Å². The molecule has 0 spiro atoms. The maximum absolute atomic E-state index is 11.4. The molecule has 0 aromatic carbocycles. The van der Waals surface area contributed by atoms with Crippen molar-refractivity contribution in [3.63, 3.8) is 0 Å². The van der Waals surface area contributed by atoms with Gasteiger partial charge in [-0.3, -0.25) is 9.59 Å². The number of hydrogen-bond acceptors (Lipinski definition) is 5. The first-order valence-electron chi connectivity index (χ1n) is 5.05. The minimum atomic E-state index is -0.982. The van der Waals surface area contributed by atoms with E-state index in [2.05, 4.69) is 0 Å². The Morgan fingerprint density at radius 3 is 2.12 bits per heavy atom. The average Bonchev–Trinajstić information content (AvgIpc) is 2.25. The third-order valence-electron chi connectivity index (χ3n) is 1.71. The average molecular weight is 225 g/mol. The lowest BCUT2D eigenvalue weighted by atomic mass is 10.1. The van der Waals surface area contributed by atoms with E-state index in [0.29, 0.717) is 0 Å². The van der Waals surface area contributed by atoms with E-state index in [1.54, 1.807) is 19.9 Å². The second-order valence-corrected chi connectivity index (χ2v) is 2.82. The van der Waals surface area contributed by atoms with Crippen LogP contribution in [0.2, 0.25) is 0 Å². The molecule has 0 bridgehead atoms. The predicted molar refractivity (Wildman–Crippen MR) is 56.1 cm³/mol. The number of carbonyl (C=O) groups excluding carboxylic acids is 2. The van der Waals surface area contributed by atoms with Crippen molar-refractivity contribution in [3.05, 3.63) is 12.2 Å². The summed E-state index contributed by atoms with van der Waals surface area (Å²) in [4.78, 5) is 22.8. The molecule has 0 saturated heterocycles. The molecule has 0 atom stereocenters. The SMILES string of the molecule is CCOC(=O)C(C/C=C/C#N)C(=O)OCC. The number of esters is 2. The van der Waals surface area contributed by atoms with Crippen molar-refractivity contribution < 1.29 is 19.1 Å². The van der Waals surface area contributed by atoms with Gasteiger partial charge in [-0.1, -0.05) is 6.08 Å². The lowest BCUT2D eigenvalue weighted by molar-refractivity contribution is -0.161. The van der Waals surface area contributed by atoms with Crippen molar-refractivity contribution in [2.75, 3.05) is 13.2 Å². The lowest BCUT2D eigenvalue weighted by Crippen LogP contribution is -2.27. The summed E-state index contributed by atoms with van der Waals surface area (Å²) in [6.45, 7) is 3.73. The van der Waals surface area contributed by atoms with Gasteiger partial charge in [-0.2, -0.15) is 5.26 Å². The molecule has 5 heteroatoms. The number of allylic oxidation sites excluding steroid dienone is 2. The Balaban J connectivity index is 4.50. The molecule has 0 amide bonds. The molecule has 0 heterocycles. The van der Waals surface area contributed by atoms with Crippen molar-refractivity contribution in [2.45, 2.75) is 20.3 Å². The first kappa shape index (κ1) is 14.2. The van der Waals surface area contributed by atoms with Gasteiger partial charge in [0.1, 0.15) is 0 Å². The molecule has 0 aliphatic rings. The van der Waals surface area contributed by atoms with Crippen LogP contribution in [0.5, 0.6) is 0 Å². The molecule has 0 radical (unpaired) electrons. The molecular formula is C11H15NO4. The van der Waals surface area contributed by atoms with Crippen LogP contribution in [-0.2, 0) is 19.1 Å². The topological polar surface area (TPSA) is 76.4 Å². The number of ether oxygens (including phenoxy) is 2. The van der Waals surface area contributed by atoms with Crippen LogP contribution in [0, 0.1) is 17.2 Å². The Morgan fingerprint density at radius 1 is 1.25 bits per heavy atom. The maximum Gasteiger partial charge on any atom is 0.320 e. The van der Waals surface area contributed by atoms with E-state index >= 15 is 0 Å². The van der Waals surface area contributed by atoms with Gasteiger partial charge in [-0.15, -0.1) is 0 Å². The van der Waals surface area contributed by atoms with E-state index in [0.717, 1.165) is 0 Å². The van der Waals surface area contributed by atoms with Gasteiger partial charge in [-0.25, -0.2) is 0 Å². The summed E-state index contributed by atoms with van der Waals surface area (Å²) in [5, 5.41) is 8.29.